The first-order chi connectivity index (χ1) is 9.99. The molecule has 7 heteroatoms. The van der Waals surface area contributed by atoms with Gasteiger partial charge in [0.25, 0.3) is 5.91 Å². The van der Waals surface area contributed by atoms with Crippen molar-refractivity contribution in [2.24, 2.45) is 5.92 Å². The molecule has 0 bridgehead atoms. The van der Waals surface area contributed by atoms with Gasteiger partial charge in [-0.1, -0.05) is 25.4 Å². The van der Waals surface area contributed by atoms with Crippen LogP contribution >= 0.6 is 24.0 Å². The highest BCUT2D eigenvalue weighted by Gasteiger charge is 2.14. The van der Waals surface area contributed by atoms with E-state index in [0.29, 0.717) is 29.4 Å². The number of carbonyl (C=O) groups is 2. The van der Waals surface area contributed by atoms with Gasteiger partial charge in [0.2, 0.25) is 5.91 Å². The molecule has 1 rings (SSSR count). The summed E-state index contributed by atoms with van der Waals surface area (Å²) < 4.78 is 0. The van der Waals surface area contributed by atoms with Crippen molar-refractivity contribution in [3.05, 3.63) is 28.8 Å². The van der Waals surface area contributed by atoms with Crippen molar-refractivity contribution >= 4 is 41.5 Å². The van der Waals surface area contributed by atoms with Crippen molar-refractivity contribution in [1.82, 2.24) is 10.6 Å². The lowest BCUT2D eigenvalue weighted by atomic mass is 10.1. The van der Waals surface area contributed by atoms with Crippen LogP contribution in [0.4, 0.5) is 5.69 Å². The Morgan fingerprint density at radius 2 is 2.00 bits per heavy atom. The van der Waals surface area contributed by atoms with Gasteiger partial charge >= 0.3 is 0 Å². The molecule has 0 radical (unpaired) electrons. The highest BCUT2D eigenvalue weighted by atomic mass is 35.5. The summed E-state index contributed by atoms with van der Waals surface area (Å²) in [5, 5.41) is 8.82. The molecule has 0 heterocycles. The van der Waals surface area contributed by atoms with E-state index >= 15 is 0 Å². The molecule has 5 nitrogen and oxygen atoms in total. The molecule has 0 aromatic heterocycles. The number of benzene rings is 1. The van der Waals surface area contributed by atoms with E-state index in [0.717, 1.165) is 6.42 Å². The maximum Gasteiger partial charge on any atom is 0.252 e. The highest BCUT2D eigenvalue weighted by molar-refractivity contribution is 6.34. The zero-order valence-electron chi connectivity index (χ0n) is 13.0. The summed E-state index contributed by atoms with van der Waals surface area (Å²) >= 11 is 6.10. The Hall–Kier alpha value is -1.30. The van der Waals surface area contributed by atoms with Gasteiger partial charge < -0.3 is 16.0 Å². The van der Waals surface area contributed by atoms with Crippen molar-refractivity contribution in [3.8, 4) is 0 Å². The SMILES string of the molecule is CCCNC(=O)c1ccc(NC(=O)C(C)CNC)cc1Cl.Cl. The smallest absolute Gasteiger partial charge is 0.252 e. The predicted octanol–water partition coefficient (Wildman–Crippen LogP) is 2.70. The molecular weight excluding hydrogens is 325 g/mol. The van der Waals surface area contributed by atoms with Crippen molar-refractivity contribution in [2.75, 3.05) is 25.5 Å². The van der Waals surface area contributed by atoms with Gasteiger partial charge in [-0.3, -0.25) is 9.59 Å². The van der Waals surface area contributed by atoms with Crippen LogP contribution in [-0.4, -0.2) is 32.0 Å². The van der Waals surface area contributed by atoms with Gasteiger partial charge in [0.15, 0.2) is 0 Å². The maximum absolute atomic E-state index is 11.9. The summed E-state index contributed by atoms with van der Waals surface area (Å²) in [5.41, 5.74) is 0.992. The predicted molar refractivity (Wildman–Crippen MR) is 93.0 cm³/mol. The molecule has 1 aromatic carbocycles. The monoisotopic (exact) mass is 347 g/mol. The molecule has 0 saturated carbocycles. The minimum Gasteiger partial charge on any atom is -0.352 e. The normalized spacial score (nSPS) is 11.3. The number of amides is 2. The van der Waals surface area contributed by atoms with Crippen LogP contribution in [0, 0.1) is 5.92 Å². The van der Waals surface area contributed by atoms with Gasteiger partial charge in [0.05, 0.1) is 10.6 Å². The largest absolute Gasteiger partial charge is 0.352 e. The van der Waals surface area contributed by atoms with Crippen molar-refractivity contribution in [2.45, 2.75) is 20.3 Å². The van der Waals surface area contributed by atoms with E-state index < -0.39 is 0 Å². The van der Waals surface area contributed by atoms with Crippen LogP contribution in [-0.2, 0) is 4.79 Å². The van der Waals surface area contributed by atoms with Crippen LogP contribution in [0.25, 0.3) is 0 Å². The summed E-state index contributed by atoms with van der Waals surface area (Å²) in [6, 6.07) is 4.88. The molecule has 1 atom stereocenters. The van der Waals surface area contributed by atoms with Crippen LogP contribution in [0.15, 0.2) is 18.2 Å². The molecule has 2 amide bonds. The van der Waals surface area contributed by atoms with E-state index in [9.17, 15) is 9.59 Å². The van der Waals surface area contributed by atoms with E-state index in [4.69, 9.17) is 11.6 Å². The van der Waals surface area contributed by atoms with Gasteiger partial charge in [0, 0.05) is 24.7 Å². The molecule has 3 N–H and O–H groups in total. The van der Waals surface area contributed by atoms with E-state index in [1.54, 1.807) is 25.2 Å². The summed E-state index contributed by atoms with van der Waals surface area (Å²) in [6.45, 7) is 5.01. The average Bonchev–Trinajstić information content (AvgIpc) is 2.45. The Bertz CT molecular complexity index is 510. The fourth-order valence-electron chi connectivity index (χ4n) is 1.78. The number of nitrogens with one attached hydrogen (secondary N) is 3. The topological polar surface area (TPSA) is 70.2 Å². The number of hydrogen-bond acceptors (Lipinski definition) is 3. The fourth-order valence-corrected chi connectivity index (χ4v) is 2.04. The van der Waals surface area contributed by atoms with Crippen LogP contribution in [0.5, 0.6) is 0 Å². The minimum atomic E-state index is -0.205. The second-order valence-corrected chi connectivity index (χ2v) is 5.31. The third kappa shape index (κ3) is 6.22. The Labute approximate surface area is 142 Å². The van der Waals surface area contributed by atoms with Crippen molar-refractivity contribution < 1.29 is 9.59 Å². The number of carbonyl (C=O) groups excluding carboxylic acids is 2. The number of hydrogen-bond donors (Lipinski definition) is 3. The third-order valence-corrected chi connectivity index (χ3v) is 3.29. The summed E-state index contributed by atoms with van der Waals surface area (Å²) in [4.78, 5) is 23.8. The molecule has 22 heavy (non-hydrogen) atoms. The Morgan fingerprint density at radius 1 is 1.32 bits per heavy atom. The molecule has 0 saturated heterocycles. The van der Waals surface area contributed by atoms with Gasteiger partial charge in [-0.15, -0.1) is 12.4 Å². The van der Waals surface area contributed by atoms with Gasteiger partial charge in [-0.25, -0.2) is 0 Å². The summed E-state index contributed by atoms with van der Waals surface area (Å²) in [5.74, 6) is -0.451. The number of rotatable bonds is 7. The first-order valence-corrected chi connectivity index (χ1v) is 7.40. The zero-order valence-corrected chi connectivity index (χ0v) is 14.6. The van der Waals surface area contributed by atoms with Crippen LogP contribution in [0.3, 0.4) is 0 Å². The van der Waals surface area contributed by atoms with Crippen molar-refractivity contribution in [1.29, 1.82) is 0 Å². The van der Waals surface area contributed by atoms with Crippen LogP contribution in [0.2, 0.25) is 5.02 Å². The molecular formula is C15H23Cl2N3O2. The second-order valence-electron chi connectivity index (χ2n) is 4.90. The minimum absolute atomic E-state index is 0. The number of halogens is 2. The molecule has 124 valence electrons. The average molecular weight is 348 g/mol. The quantitative estimate of drug-likeness (QED) is 0.710. The standard InChI is InChI=1S/C15H22ClN3O2.ClH/c1-4-7-18-15(21)12-6-5-11(8-13(12)16)19-14(20)10(2)9-17-3;/h5-6,8,10,17H,4,7,9H2,1-3H3,(H,18,21)(H,19,20);1H. The molecule has 0 spiro atoms. The van der Waals surface area contributed by atoms with E-state index in [-0.39, 0.29) is 30.1 Å². The molecule has 0 aliphatic rings. The lowest BCUT2D eigenvalue weighted by Gasteiger charge is -2.13. The first-order valence-electron chi connectivity index (χ1n) is 7.02. The maximum atomic E-state index is 11.9. The van der Waals surface area contributed by atoms with E-state index in [1.807, 2.05) is 13.8 Å². The third-order valence-electron chi connectivity index (χ3n) is 2.97. The lowest BCUT2D eigenvalue weighted by molar-refractivity contribution is -0.119. The van der Waals surface area contributed by atoms with Gasteiger partial charge in [0.1, 0.15) is 0 Å². The summed E-state index contributed by atoms with van der Waals surface area (Å²) in [7, 11) is 1.80. The molecule has 0 aliphatic heterocycles. The van der Waals surface area contributed by atoms with Crippen molar-refractivity contribution in [3.63, 3.8) is 0 Å². The molecule has 0 fully saturated rings. The van der Waals surface area contributed by atoms with E-state index in [1.165, 1.54) is 0 Å². The van der Waals surface area contributed by atoms with Crippen LogP contribution in [0.1, 0.15) is 30.6 Å². The first kappa shape index (κ1) is 20.7. The summed E-state index contributed by atoms with van der Waals surface area (Å²) in [6.07, 6.45) is 0.862. The zero-order chi connectivity index (χ0) is 15.8. The fraction of sp³-hybridized carbons (Fsp3) is 0.467. The lowest BCUT2D eigenvalue weighted by Crippen LogP contribution is -2.28. The molecule has 0 aliphatic carbocycles. The van der Waals surface area contributed by atoms with Gasteiger partial charge in [-0.05, 0) is 31.7 Å². The Morgan fingerprint density at radius 3 is 2.55 bits per heavy atom. The molecule has 1 aromatic rings. The Balaban J connectivity index is 0.00000441. The Kier molecular flexibility index (Phi) is 9.81. The van der Waals surface area contributed by atoms with Crippen LogP contribution < -0.4 is 16.0 Å². The highest BCUT2D eigenvalue weighted by Crippen LogP contribution is 2.21. The second kappa shape index (κ2) is 10.4. The number of anilines is 1. The van der Waals surface area contributed by atoms with Gasteiger partial charge in [-0.2, -0.15) is 0 Å². The van der Waals surface area contributed by atoms with E-state index in [2.05, 4.69) is 16.0 Å². The molecule has 1 unspecified atom stereocenters.